The Morgan fingerprint density at radius 2 is 1.82 bits per heavy atom. The van der Waals surface area contributed by atoms with Crippen molar-refractivity contribution in [3.63, 3.8) is 0 Å². The van der Waals surface area contributed by atoms with Crippen molar-refractivity contribution in [1.82, 2.24) is 0 Å². The van der Waals surface area contributed by atoms with Crippen LogP contribution in [0, 0.1) is 16.7 Å². The summed E-state index contributed by atoms with van der Waals surface area (Å²) >= 11 is 0. The number of aromatic carboxylic acids is 1. The predicted octanol–water partition coefficient (Wildman–Crippen LogP) is 2.42. The second-order valence-electron chi connectivity index (χ2n) is 7.34. The Bertz CT molecular complexity index is 634. The Morgan fingerprint density at radius 3 is 2.32 bits per heavy atom. The summed E-state index contributed by atoms with van der Waals surface area (Å²) in [6, 6.07) is 6.06. The molecule has 2 saturated carbocycles. The number of esters is 1. The molecule has 3 rings (SSSR count). The number of fused-ring (bicyclic) bond motifs is 2. The highest BCUT2D eigenvalue weighted by molar-refractivity contribution is 6.01. The van der Waals surface area contributed by atoms with Crippen molar-refractivity contribution in [3.05, 3.63) is 35.4 Å². The van der Waals surface area contributed by atoms with Crippen LogP contribution in [0.5, 0.6) is 0 Å². The van der Waals surface area contributed by atoms with Crippen molar-refractivity contribution in [3.8, 4) is 0 Å². The largest absolute Gasteiger partial charge is 0.545 e. The van der Waals surface area contributed by atoms with E-state index in [-0.39, 0.29) is 28.1 Å². The molecule has 0 amide bonds. The van der Waals surface area contributed by atoms with Crippen molar-refractivity contribution in [1.29, 1.82) is 0 Å². The van der Waals surface area contributed by atoms with E-state index in [1.165, 1.54) is 18.6 Å². The van der Waals surface area contributed by atoms with Crippen LogP contribution in [0.15, 0.2) is 24.3 Å². The third-order valence-corrected chi connectivity index (χ3v) is 6.33. The molecule has 4 heteroatoms. The first-order chi connectivity index (χ1) is 10.3. The standard InChI is InChI=1S/C18H22O4/c1-17(2)11-8-9-18(17,3)14(10-11)22-16(21)13-7-5-4-6-12(13)15(19)20/h4-7,11,14H,8-10H2,1-3H3,(H,19,20)/p-1/t11-,14+,18+/m0/s1. The molecular weight excluding hydrogens is 280 g/mol. The Labute approximate surface area is 130 Å². The molecule has 0 radical (unpaired) electrons. The highest BCUT2D eigenvalue weighted by Crippen LogP contribution is 2.66. The van der Waals surface area contributed by atoms with Gasteiger partial charge in [-0.15, -0.1) is 0 Å². The summed E-state index contributed by atoms with van der Waals surface area (Å²) < 4.78 is 5.73. The van der Waals surface area contributed by atoms with Crippen molar-refractivity contribution in [2.75, 3.05) is 0 Å². The van der Waals surface area contributed by atoms with Crippen LogP contribution in [-0.4, -0.2) is 18.0 Å². The first kappa shape index (κ1) is 15.1. The number of carbonyl (C=O) groups is 2. The molecule has 22 heavy (non-hydrogen) atoms. The molecule has 0 saturated heterocycles. The molecule has 0 unspecified atom stereocenters. The fourth-order valence-corrected chi connectivity index (χ4v) is 4.34. The number of carboxylic acids is 1. The van der Waals surface area contributed by atoms with Gasteiger partial charge in [0.2, 0.25) is 0 Å². The zero-order valence-electron chi connectivity index (χ0n) is 13.2. The number of carbonyl (C=O) groups excluding carboxylic acids is 2. The molecule has 2 bridgehead atoms. The van der Waals surface area contributed by atoms with Gasteiger partial charge in [-0.05, 0) is 36.7 Å². The van der Waals surface area contributed by atoms with E-state index in [0.717, 1.165) is 12.8 Å². The Kier molecular flexibility index (Phi) is 3.31. The number of hydrogen-bond donors (Lipinski definition) is 0. The van der Waals surface area contributed by atoms with Gasteiger partial charge in [0.1, 0.15) is 6.10 Å². The van der Waals surface area contributed by atoms with Crippen molar-refractivity contribution >= 4 is 11.9 Å². The van der Waals surface area contributed by atoms with Gasteiger partial charge in [0.05, 0.1) is 11.5 Å². The topological polar surface area (TPSA) is 66.4 Å². The molecule has 0 spiro atoms. The van der Waals surface area contributed by atoms with Gasteiger partial charge in [-0.1, -0.05) is 39.0 Å². The Morgan fingerprint density at radius 1 is 1.18 bits per heavy atom. The van der Waals surface area contributed by atoms with Crippen molar-refractivity contribution < 1.29 is 19.4 Å². The summed E-state index contributed by atoms with van der Waals surface area (Å²) in [6.07, 6.45) is 2.93. The maximum atomic E-state index is 12.4. The first-order valence-corrected chi connectivity index (χ1v) is 7.79. The van der Waals surface area contributed by atoms with Crippen LogP contribution in [0.4, 0.5) is 0 Å². The molecule has 0 N–H and O–H groups in total. The SMILES string of the molecule is CC1(C)[C@H]2CC[C@]1(C)[C@H](OC(=O)c1ccccc1C(=O)[O-])C2. The molecule has 4 nitrogen and oxygen atoms in total. The fraction of sp³-hybridized carbons (Fsp3) is 0.556. The van der Waals surface area contributed by atoms with Crippen LogP contribution in [0.25, 0.3) is 0 Å². The van der Waals surface area contributed by atoms with Gasteiger partial charge in [0.15, 0.2) is 0 Å². The smallest absolute Gasteiger partial charge is 0.339 e. The lowest BCUT2D eigenvalue weighted by Gasteiger charge is -2.38. The van der Waals surface area contributed by atoms with Crippen LogP contribution in [0.2, 0.25) is 0 Å². The minimum Gasteiger partial charge on any atom is -0.545 e. The molecule has 2 fully saturated rings. The normalized spacial score (nSPS) is 32.0. The highest BCUT2D eigenvalue weighted by Gasteiger charge is 2.62. The first-order valence-electron chi connectivity index (χ1n) is 7.79. The molecule has 0 aromatic heterocycles. The molecular formula is C18H21O4-. The summed E-state index contributed by atoms with van der Waals surface area (Å²) in [5.41, 5.74) is 0.0713. The molecule has 3 atom stereocenters. The quantitative estimate of drug-likeness (QED) is 0.804. The van der Waals surface area contributed by atoms with E-state index >= 15 is 0 Å². The fourth-order valence-electron chi connectivity index (χ4n) is 4.34. The number of hydrogen-bond acceptors (Lipinski definition) is 4. The molecule has 2 aliphatic carbocycles. The van der Waals surface area contributed by atoms with Crippen molar-refractivity contribution in [2.24, 2.45) is 16.7 Å². The van der Waals surface area contributed by atoms with Crippen LogP contribution < -0.4 is 5.11 Å². The minimum absolute atomic E-state index is 0.0380. The summed E-state index contributed by atoms with van der Waals surface area (Å²) in [6.45, 7) is 6.67. The van der Waals surface area contributed by atoms with E-state index in [4.69, 9.17) is 4.74 Å². The average molecular weight is 301 g/mol. The summed E-state index contributed by atoms with van der Waals surface area (Å²) in [7, 11) is 0. The van der Waals surface area contributed by atoms with Gasteiger partial charge in [0.25, 0.3) is 0 Å². The summed E-state index contributed by atoms with van der Waals surface area (Å²) in [5.74, 6) is -1.35. The lowest BCUT2D eigenvalue weighted by molar-refractivity contribution is -0.255. The molecule has 1 aromatic rings. The molecule has 2 aliphatic rings. The zero-order chi connectivity index (χ0) is 16.1. The lowest BCUT2D eigenvalue weighted by atomic mass is 9.70. The van der Waals surface area contributed by atoms with Crippen LogP contribution in [0.3, 0.4) is 0 Å². The van der Waals surface area contributed by atoms with E-state index in [2.05, 4.69) is 20.8 Å². The van der Waals surface area contributed by atoms with Gasteiger partial charge >= 0.3 is 5.97 Å². The third kappa shape index (κ3) is 1.97. The van der Waals surface area contributed by atoms with Gasteiger partial charge in [-0.25, -0.2) is 4.79 Å². The van der Waals surface area contributed by atoms with E-state index in [0.29, 0.717) is 5.92 Å². The van der Waals surface area contributed by atoms with Crippen LogP contribution >= 0.6 is 0 Å². The number of carboxylic acid groups (broad SMARTS) is 1. The maximum absolute atomic E-state index is 12.4. The molecule has 1 aromatic carbocycles. The molecule has 118 valence electrons. The lowest BCUT2D eigenvalue weighted by Crippen LogP contribution is -2.38. The average Bonchev–Trinajstić information content (AvgIpc) is 2.80. The number of benzene rings is 1. The monoisotopic (exact) mass is 301 g/mol. The second kappa shape index (κ2) is 4.83. The Balaban J connectivity index is 1.84. The van der Waals surface area contributed by atoms with Crippen LogP contribution in [0.1, 0.15) is 60.7 Å². The minimum atomic E-state index is -1.35. The van der Waals surface area contributed by atoms with Gasteiger partial charge in [-0.3, -0.25) is 0 Å². The van der Waals surface area contributed by atoms with E-state index < -0.39 is 11.9 Å². The third-order valence-electron chi connectivity index (χ3n) is 6.33. The summed E-state index contributed by atoms with van der Waals surface area (Å²) in [4.78, 5) is 23.6. The van der Waals surface area contributed by atoms with Gasteiger partial charge < -0.3 is 14.6 Å². The predicted molar refractivity (Wildman–Crippen MR) is 79.2 cm³/mol. The molecule has 0 aliphatic heterocycles. The second-order valence-corrected chi connectivity index (χ2v) is 7.34. The number of ether oxygens (including phenoxy) is 1. The Hall–Kier alpha value is -1.84. The van der Waals surface area contributed by atoms with E-state index in [1.54, 1.807) is 12.1 Å². The maximum Gasteiger partial charge on any atom is 0.339 e. The van der Waals surface area contributed by atoms with Gasteiger partial charge in [0, 0.05) is 11.0 Å². The molecule has 0 heterocycles. The highest BCUT2D eigenvalue weighted by atomic mass is 16.5. The van der Waals surface area contributed by atoms with E-state index in [1.807, 2.05) is 0 Å². The summed E-state index contributed by atoms with van der Waals surface area (Å²) in [5, 5.41) is 11.1. The van der Waals surface area contributed by atoms with Crippen molar-refractivity contribution in [2.45, 2.75) is 46.1 Å². The van der Waals surface area contributed by atoms with Crippen LogP contribution in [-0.2, 0) is 4.74 Å². The van der Waals surface area contributed by atoms with Gasteiger partial charge in [-0.2, -0.15) is 0 Å². The zero-order valence-corrected chi connectivity index (χ0v) is 13.2. The number of rotatable bonds is 3. The van der Waals surface area contributed by atoms with E-state index in [9.17, 15) is 14.7 Å².